The molecule has 0 bridgehead atoms. The summed E-state index contributed by atoms with van der Waals surface area (Å²) in [6.45, 7) is 1.97. The molecule has 2 nitrogen and oxygen atoms in total. The lowest BCUT2D eigenvalue weighted by molar-refractivity contribution is 0.976. The summed E-state index contributed by atoms with van der Waals surface area (Å²) in [4.78, 5) is 11.6. The van der Waals surface area contributed by atoms with Gasteiger partial charge in [0.25, 0.3) is 5.56 Å². The average Bonchev–Trinajstić information content (AvgIpc) is 2.23. The minimum Gasteiger partial charge on any atom is -0.284 e. The minimum atomic E-state index is 0.00167. The van der Waals surface area contributed by atoms with Crippen LogP contribution in [0.2, 0.25) is 0 Å². The summed E-state index contributed by atoms with van der Waals surface area (Å²) < 4.78 is 2.82. The number of aromatic nitrogens is 1. The van der Waals surface area contributed by atoms with Crippen LogP contribution in [0.5, 0.6) is 0 Å². The van der Waals surface area contributed by atoms with Gasteiger partial charge in [-0.25, -0.2) is 0 Å². The number of benzene rings is 1. The zero-order valence-corrected chi connectivity index (χ0v) is 10.4. The molecule has 1 aromatic carbocycles. The summed E-state index contributed by atoms with van der Waals surface area (Å²) in [6.07, 6.45) is 1.85. The SMILES string of the molecule is Cc1ccc(=O)n(-c2ccc(I)cc2)c1. The van der Waals surface area contributed by atoms with Crippen LogP contribution in [0.25, 0.3) is 5.69 Å². The Balaban J connectivity index is 2.58. The Labute approximate surface area is 102 Å². The van der Waals surface area contributed by atoms with Crippen molar-refractivity contribution >= 4 is 22.6 Å². The first-order chi connectivity index (χ1) is 7.16. The first-order valence-electron chi connectivity index (χ1n) is 4.62. The first-order valence-corrected chi connectivity index (χ1v) is 5.70. The smallest absolute Gasteiger partial charge is 0.255 e. The lowest BCUT2D eigenvalue weighted by Crippen LogP contribution is -2.16. The molecule has 76 valence electrons. The maximum Gasteiger partial charge on any atom is 0.255 e. The number of rotatable bonds is 1. The zero-order valence-electron chi connectivity index (χ0n) is 8.27. The summed E-state index contributed by atoms with van der Waals surface area (Å²) in [6, 6.07) is 11.3. The maximum atomic E-state index is 11.6. The number of halogens is 1. The topological polar surface area (TPSA) is 22.0 Å². The second-order valence-corrected chi connectivity index (χ2v) is 4.64. The monoisotopic (exact) mass is 311 g/mol. The van der Waals surface area contributed by atoms with E-state index in [0.29, 0.717) is 0 Å². The van der Waals surface area contributed by atoms with Gasteiger partial charge in [0, 0.05) is 21.5 Å². The van der Waals surface area contributed by atoms with Crippen molar-refractivity contribution in [3.05, 3.63) is 62.1 Å². The number of aryl methyl sites for hydroxylation is 1. The Hall–Kier alpha value is -1.10. The quantitative estimate of drug-likeness (QED) is 0.742. The van der Waals surface area contributed by atoms with Crippen LogP contribution in [-0.4, -0.2) is 4.57 Å². The normalized spacial score (nSPS) is 10.3. The highest BCUT2D eigenvalue weighted by Gasteiger charge is 1.98. The molecule has 0 atom stereocenters. The van der Waals surface area contributed by atoms with Gasteiger partial charge in [0.15, 0.2) is 0 Å². The van der Waals surface area contributed by atoms with E-state index in [1.165, 1.54) is 0 Å². The largest absolute Gasteiger partial charge is 0.284 e. The first kappa shape index (κ1) is 10.4. The Morgan fingerprint density at radius 2 is 1.73 bits per heavy atom. The fraction of sp³-hybridized carbons (Fsp3) is 0.0833. The summed E-state index contributed by atoms with van der Waals surface area (Å²) in [5.41, 5.74) is 1.99. The van der Waals surface area contributed by atoms with Crippen molar-refractivity contribution in [2.75, 3.05) is 0 Å². The van der Waals surface area contributed by atoms with Gasteiger partial charge < -0.3 is 0 Å². The van der Waals surface area contributed by atoms with Crippen LogP contribution in [0.15, 0.2) is 47.4 Å². The fourth-order valence-corrected chi connectivity index (χ4v) is 1.76. The molecule has 0 radical (unpaired) electrons. The van der Waals surface area contributed by atoms with Gasteiger partial charge in [-0.2, -0.15) is 0 Å². The van der Waals surface area contributed by atoms with Crippen molar-refractivity contribution in [2.45, 2.75) is 6.92 Å². The third-order valence-electron chi connectivity index (χ3n) is 2.16. The van der Waals surface area contributed by atoms with Crippen molar-refractivity contribution in [3.63, 3.8) is 0 Å². The number of hydrogen-bond donors (Lipinski definition) is 0. The highest BCUT2D eigenvalue weighted by molar-refractivity contribution is 14.1. The van der Waals surface area contributed by atoms with Crippen molar-refractivity contribution in [1.29, 1.82) is 0 Å². The highest BCUT2D eigenvalue weighted by Crippen LogP contribution is 2.10. The molecule has 3 heteroatoms. The van der Waals surface area contributed by atoms with Crippen LogP contribution in [0, 0.1) is 10.5 Å². The van der Waals surface area contributed by atoms with Crippen molar-refractivity contribution in [1.82, 2.24) is 4.57 Å². The molecule has 0 fully saturated rings. The maximum absolute atomic E-state index is 11.6. The summed E-state index contributed by atoms with van der Waals surface area (Å²) in [7, 11) is 0. The molecule has 2 aromatic rings. The van der Waals surface area contributed by atoms with Gasteiger partial charge in [-0.15, -0.1) is 0 Å². The van der Waals surface area contributed by atoms with Gasteiger partial charge in [-0.05, 0) is 59.3 Å². The summed E-state index contributed by atoms with van der Waals surface area (Å²) in [5, 5.41) is 0. The van der Waals surface area contributed by atoms with E-state index >= 15 is 0 Å². The van der Waals surface area contributed by atoms with Crippen molar-refractivity contribution in [3.8, 4) is 5.69 Å². The van der Waals surface area contributed by atoms with E-state index in [9.17, 15) is 4.79 Å². The van der Waals surface area contributed by atoms with E-state index in [4.69, 9.17) is 0 Å². The zero-order chi connectivity index (χ0) is 10.8. The van der Waals surface area contributed by atoms with Gasteiger partial charge >= 0.3 is 0 Å². The number of nitrogens with zero attached hydrogens (tertiary/aromatic N) is 1. The number of pyridine rings is 1. The van der Waals surface area contributed by atoms with Gasteiger partial charge in [-0.3, -0.25) is 9.36 Å². The van der Waals surface area contributed by atoms with Crippen LogP contribution >= 0.6 is 22.6 Å². The minimum absolute atomic E-state index is 0.00167. The second-order valence-electron chi connectivity index (χ2n) is 3.39. The standard InChI is InChI=1S/C12H10INO/c1-9-2-7-12(15)14(8-9)11-5-3-10(13)4-6-11/h2-8H,1H3. The molecule has 0 N–H and O–H groups in total. The van der Waals surface area contributed by atoms with Crippen LogP contribution in [0.3, 0.4) is 0 Å². The van der Waals surface area contributed by atoms with E-state index in [1.54, 1.807) is 10.6 Å². The second kappa shape index (κ2) is 4.18. The Bertz CT molecular complexity index is 528. The van der Waals surface area contributed by atoms with Crippen molar-refractivity contribution < 1.29 is 0 Å². The van der Waals surface area contributed by atoms with E-state index in [-0.39, 0.29) is 5.56 Å². The molecule has 0 aliphatic carbocycles. The molecule has 0 aliphatic rings. The van der Waals surface area contributed by atoms with Crippen LogP contribution in [0.1, 0.15) is 5.56 Å². The number of hydrogen-bond acceptors (Lipinski definition) is 1. The highest BCUT2D eigenvalue weighted by atomic mass is 127. The van der Waals surface area contributed by atoms with Crippen LogP contribution in [-0.2, 0) is 0 Å². The molecular formula is C12H10INO. The van der Waals surface area contributed by atoms with Crippen molar-refractivity contribution in [2.24, 2.45) is 0 Å². The summed E-state index contributed by atoms with van der Waals surface area (Å²) >= 11 is 2.24. The van der Waals surface area contributed by atoms with Gasteiger partial charge in [-0.1, -0.05) is 6.07 Å². The Kier molecular flexibility index (Phi) is 2.90. The molecule has 0 saturated heterocycles. The molecule has 0 unspecified atom stereocenters. The average molecular weight is 311 g/mol. The molecule has 2 rings (SSSR count). The van der Waals surface area contributed by atoms with E-state index in [1.807, 2.05) is 43.5 Å². The van der Waals surface area contributed by atoms with E-state index < -0.39 is 0 Å². The third kappa shape index (κ3) is 2.28. The van der Waals surface area contributed by atoms with E-state index in [2.05, 4.69) is 22.6 Å². The predicted octanol–water partition coefficient (Wildman–Crippen LogP) is 2.75. The molecule has 0 aliphatic heterocycles. The predicted molar refractivity (Wildman–Crippen MR) is 69.5 cm³/mol. The van der Waals surface area contributed by atoms with Gasteiger partial charge in [0.1, 0.15) is 0 Å². The molecule has 15 heavy (non-hydrogen) atoms. The fourth-order valence-electron chi connectivity index (χ4n) is 1.40. The molecule has 0 saturated carbocycles. The summed E-state index contributed by atoms with van der Waals surface area (Å²) in [5.74, 6) is 0. The Morgan fingerprint density at radius 3 is 2.40 bits per heavy atom. The Morgan fingerprint density at radius 1 is 1.07 bits per heavy atom. The molecule has 0 spiro atoms. The van der Waals surface area contributed by atoms with E-state index in [0.717, 1.165) is 14.8 Å². The van der Waals surface area contributed by atoms with Crippen LogP contribution < -0.4 is 5.56 Å². The lowest BCUT2D eigenvalue weighted by atomic mass is 10.3. The lowest BCUT2D eigenvalue weighted by Gasteiger charge is -2.06. The molecule has 1 heterocycles. The van der Waals surface area contributed by atoms with Gasteiger partial charge in [0.2, 0.25) is 0 Å². The molecular weight excluding hydrogens is 301 g/mol. The molecule has 1 aromatic heterocycles. The molecule has 0 amide bonds. The van der Waals surface area contributed by atoms with Gasteiger partial charge in [0.05, 0.1) is 0 Å². The van der Waals surface area contributed by atoms with Crippen LogP contribution in [0.4, 0.5) is 0 Å². The third-order valence-corrected chi connectivity index (χ3v) is 2.88.